The van der Waals surface area contributed by atoms with Crippen molar-refractivity contribution in [1.82, 2.24) is 0 Å². The number of hydrogen-bond acceptors (Lipinski definition) is 4. The van der Waals surface area contributed by atoms with Crippen LogP contribution in [0.5, 0.6) is 0 Å². The Bertz CT molecular complexity index is 292. The predicted molar refractivity (Wildman–Crippen MR) is 109 cm³/mol. The number of rotatable bonds is 14. The van der Waals surface area contributed by atoms with Gasteiger partial charge < -0.3 is 9.47 Å². The highest BCUT2D eigenvalue weighted by Gasteiger charge is 2.05. The van der Waals surface area contributed by atoms with Crippen LogP contribution in [0.1, 0.15) is 106 Å². The highest BCUT2D eigenvalue weighted by atomic mass is 16.5. The Morgan fingerprint density at radius 1 is 0.615 bits per heavy atom. The molecule has 156 valence electrons. The molecule has 0 N–H and O–H groups in total. The summed E-state index contributed by atoms with van der Waals surface area (Å²) in [5.74, 6) is 0.712. The molecule has 4 nitrogen and oxygen atoms in total. The largest absolute Gasteiger partial charge is 0.466 e. The predicted octanol–water partition coefficient (Wildman–Crippen LogP) is 6.31. The van der Waals surface area contributed by atoms with Gasteiger partial charge in [0.05, 0.1) is 13.2 Å². The van der Waals surface area contributed by atoms with Gasteiger partial charge in [-0.2, -0.15) is 0 Å². The van der Waals surface area contributed by atoms with Crippen molar-refractivity contribution in [2.45, 2.75) is 106 Å². The van der Waals surface area contributed by atoms with E-state index in [1.165, 1.54) is 38.5 Å². The summed E-state index contributed by atoms with van der Waals surface area (Å²) >= 11 is 0. The Hall–Kier alpha value is -1.06. The average molecular weight is 373 g/mol. The van der Waals surface area contributed by atoms with Gasteiger partial charge in [0.25, 0.3) is 0 Å². The van der Waals surface area contributed by atoms with E-state index in [-0.39, 0.29) is 11.9 Å². The van der Waals surface area contributed by atoms with Crippen LogP contribution < -0.4 is 0 Å². The molecule has 0 aliphatic heterocycles. The highest BCUT2D eigenvalue weighted by Crippen LogP contribution is 2.04. The summed E-state index contributed by atoms with van der Waals surface area (Å²) in [6.45, 7) is 13.7. The molecular formula is C22H44O4. The fraction of sp³-hybridized carbons (Fsp3) is 0.909. The Labute approximate surface area is 162 Å². The second kappa shape index (κ2) is 20.3. The van der Waals surface area contributed by atoms with Crippen LogP contribution in [0, 0.1) is 11.8 Å². The van der Waals surface area contributed by atoms with E-state index in [0.29, 0.717) is 37.9 Å². The van der Waals surface area contributed by atoms with Gasteiger partial charge in [-0.25, -0.2) is 0 Å². The molecule has 0 aromatic rings. The van der Waals surface area contributed by atoms with Crippen molar-refractivity contribution in [3.8, 4) is 0 Å². The van der Waals surface area contributed by atoms with E-state index >= 15 is 0 Å². The topological polar surface area (TPSA) is 52.6 Å². The van der Waals surface area contributed by atoms with Gasteiger partial charge >= 0.3 is 11.9 Å². The molecule has 0 radical (unpaired) electrons. The SMILES string of the molecule is CCCCCCOC(=O)CC(C)C.CCCCCCOC(=O)CC(C)C. The molecule has 0 rings (SSSR count). The minimum absolute atomic E-state index is 0.0495. The number of unbranched alkanes of at least 4 members (excludes halogenated alkanes) is 6. The van der Waals surface area contributed by atoms with Gasteiger partial charge in [-0.15, -0.1) is 0 Å². The fourth-order valence-electron chi connectivity index (χ4n) is 2.21. The number of ether oxygens (including phenoxy) is 2. The molecule has 0 spiro atoms. The van der Waals surface area contributed by atoms with E-state index in [1.807, 2.05) is 27.7 Å². The first-order valence-corrected chi connectivity index (χ1v) is 10.6. The molecule has 0 amide bonds. The highest BCUT2D eigenvalue weighted by molar-refractivity contribution is 5.69. The molecule has 0 saturated carbocycles. The first-order valence-electron chi connectivity index (χ1n) is 10.6. The van der Waals surface area contributed by atoms with E-state index in [1.54, 1.807) is 0 Å². The molecule has 26 heavy (non-hydrogen) atoms. The molecule has 4 heteroatoms. The minimum Gasteiger partial charge on any atom is -0.466 e. The molecule has 0 aliphatic rings. The van der Waals surface area contributed by atoms with Crippen molar-refractivity contribution in [2.75, 3.05) is 13.2 Å². The van der Waals surface area contributed by atoms with Crippen LogP contribution in [0.4, 0.5) is 0 Å². The third kappa shape index (κ3) is 25.2. The van der Waals surface area contributed by atoms with Gasteiger partial charge in [0.2, 0.25) is 0 Å². The zero-order valence-corrected chi connectivity index (χ0v) is 18.3. The Balaban J connectivity index is 0. The standard InChI is InChI=1S/2C11H22O2/c2*1-4-5-6-7-8-13-11(12)9-10(2)3/h2*10H,4-9H2,1-3H3. The zero-order valence-electron chi connectivity index (χ0n) is 18.3. The number of carbonyl (C=O) groups excluding carboxylic acids is 2. The first-order chi connectivity index (χ1) is 12.3. The maximum Gasteiger partial charge on any atom is 0.306 e. The monoisotopic (exact) mass is 372 g/mol. The molecule has 0 atom stereocenters. The molecular weight excluding hydrogens is 328 g/mol. The zero-order chi connectivity index (χ0) is 20.2. The van der Waals surface area contributed by atoms with Crippen LogP contribution in [-0.2, 0) is 19.1 Å². The van der Waals surface area contributed by atoms with Crippen molar-refractivity contribution in [2.24, 2.45) is 11.8 Å². The quantitative estimate of drug-likeness (QED) is 0.265. The summed E-state index contributed by atoms with van der Waals surface area (Å²) in [5, 5.41) is 0. The fourth-order valence-corrected chi connectivity index (χ4v) is 2.21. The van der Waals surface area contributed by atoms with Crippen LogP contribution in [0.15, 0.2) is 0 Å². The molecule has 0 saturated heterocycles. The van der Waals surface area contributed by atoms with Crippen LogP contribution in [-0.4, -0.2) is 25.2 Å². The summed E-state index contributed by atoms with van der Waals surface area (Å²) in [4.78, 5) is 22.1. The van der Waals surface area contributed by atoms with E-state index in [2.05, 4.69) is 13.8 Å². The summed E-state index contributed by atoms with van der Waals surface area (Å²) in [5.41, 5.74) is 0. The van der Waals surface area contributed by atoms with Crippen LogP contribution in [0.25, 0.3) is 0 Å². The van der Waals surface area contributed by atoms with Crippen molar-refractivity contribution in [1.29, 1.82) is 0 Å². The molecule has 0 heterocycles. The average Bonchev–Trinajstić information content (AvgIpc) is 2.53. The Morgan fingerprint density at radius 3 is 1.23 bits per heavy atom. The van der Waals surface area contributed by atoms with Crippen LogP contribution >= 0.6 is 0 Å². The maximum atomic E-state index is 11.1. The molecule has 0 aromatic carbocycles. The van der Waals surface area contributed by atoms with E-state index in [0.717, 1.165) is 12.8 Å². The molecule has 0 bridgehead atoms. The lowest BCUT2D eigenvalue weighted by molar-refractivity contribution is -0.145. The van der Waals surface area contributed by atoms with Crippen molar-refractivity contribution < 1.29 is 19.1 Å². The normalized spacial score (nSPS) is 10.5. The summed E-state index contributed by atoms with van der Waals surface area (Å²) in [6.07, 6.45) is 10.4. The van der Waals surface area contributed by atoms with Crippen LogP contribution in [0.2, 0.25) is 0 Å². The second-order valence-electron chi connectivity index (χ2n) is 7.76. The maximum absolute atomic E-state index is 11.1. The van der Waals surface area contributed by atoms with Gasteiger partial charge in [0, 0.05) is 12.8 Å². The van der Waals surface area contributed by atoms with E-state index < -0.39 is 0 Å². The van der Waals surface area contributed by atoms with Gasteiger partial charge in [0.1, 0.15) is 0 Å². The molecule has 0 fully saturated rings. The molecule has 0 aliphatic carbocycles. The Kier molecular flexibility index (Phi) is 21.2. The van der Waals surface area contributed by atoms with Gasteiger partial charge in [-0.05, 0) is 24.7 Å². The lowest BCUT2D eigenvalue weighted by Gasteiger charge is -2.05. The number of hydrogen-bond donors (Lipinski definition) is 0. The van der Waals surface area contributed by atoms with Crippen LogP contribution in [0.3, 0.4) is 0 Å². The molecule has 0 unspecified atom stereocenters. The summed E-state index contributed by atoms with van der Waals surface area (Å²) in [6, 6.07) is 0. The van der Waals surface area contributed by atoms with Gasteiger partial charge in [-0.1, -0.05) is 80.1 Å². The minimum atomic E-state index is -0.0495. The third-order valence-electron chi connectivity index (χ3n) is 3.67. The second-order valence-corrected chi connectivity index (χ2v) is 7.76. The lowest BCUT2D eigenvalue weighted by atomic mass is 10.1. The van der Waals surface area contributed by atoms with Gasteiger partial charge in [-0.3, -0.25) is 9.59 Å². The van der Waals surface area contributed by atoms with E-state index in [4.69, 9.17) is 9.47 Å². The van der Waals surface area contributed by atoms with E-state index in [9.17, 15) is 9.59 Å². The van der Waals surface area contributed by atoms with Crippen molar-refractivity contribution in [3.05, 3.63) is 0 Å². The number of carbonyl (C=O) groups is 2. The first kappa shape index (κ1) is 27.2. The third-order valence-corrected chi connectivity index (χ3v) is 3.67. The molecule has 0 aromatic heterocycles. The summed E-state index contributed by atoms with van der Waals surface area (Å²) in [7, 11) is 0. The Morgan fingerprint density at radius 2 is 0.962 bits per heavy atom. The van der Waals surface area contributed by atoms with Crippen molar-refractivity contribution >= 4 is 11.9 Å². The van der Waals surface area contributed by atoms with Crippen molar-refractivity contribution in [3.63, 3.8) is 0 Å². The summed E-state index contributed by atoms with van der Waals surface area (Å²) < 4.78 is 10.1. The number of esters is 2. The smallest absolute Gasteiger partial charge is 0.306 e. The lowest BCUT2D eigenvalue weighted by Crippen LogP contribution is -2.08. The van der Waals surface area contributed by atoms with Gasteiger partial charge in [0.15, 0.2) is 0 Å².